The number of fused-ring (bicyclic) bond motifs is 1. The zero-order valence-electron chi connectivity index (χ0n) is 11.6. The van der Waals surface area contributed by atoms with Gasteiger partial charge < -0.3 is 15.8 Å². The first kappa shape index (κ1) is 13.8. The maximum absolute atomic E-state index is 11.4. The molecule has 3 N–H and O–H groups in total. The van der Waals surface area contributed by atoms with E-state index in [1.807, 2.05) is 25.1 Å². The van der Waals surface area contributed by atoms with Gasteiger partial charge in [-0.05, 0) is 54.8 Å². The van der Waals surface area contributed by atoms with E-state index >= 15 is 0 Å². The highest BCUT2D eigenvalue weighted by Crippen LogP contribution is 2.36. The first-order valence-electron chi connectivity index (χ1n) is 6.69. The molecule has 0 unspecified atom stereocenters. The van der Waals surface area contributed by atoms with Gasteiger partial charge in [0.25, 0.3) is 0 Å². The molecule has 21 heavy (non-hydrogen) atoms. The molecule has 1 aliphatic heterocycles. The molecule has 2 aromatic rings. The van der Waals surface area contributed by atoms with E-state index in [4.69, 9.17) is 22.1 Å². The Balaban J connectivity index is 1.94. The lowest BCUT2D eigenvalue weighted by Gasteiger charge is -2.19. The van der Waals surface area contributed by atoms with E-state index in [1.54, 1.807) is 12.1 Å². The summed E-state index contributed by atoms with van der Waals surface area (Å²) >= 11 is 5.94. The van der Waals surface area contributed by atoms with Gasteiger partial charge in [-0.3, -0.25) is 4.79 Å². The minimum Gasteiger partial charge on any atom is -0.455 e. The molecule has 4 nitrogen and oxygen atoms in total. The van der Waals surface area contributed by atoms with Gasteiger partial charge in [0.15, 0.2) is 5.75 Å². The third-order valence-corrected chi connectivity index (χ3v) is 3.72. The summed E-state index contributed by atoms with van der Waals surface area (Å²) in [6, 6.07) is 9.06. The van der Waals surface area contributed by atoms with Crippen LogP contribution in [0.15, 0.2) is 30.3 Å². The number of amides is 1. The van der Waals surface area contributed by atoms with E-state index in [9.17, 15) is 4.79 Å². The SMILES string of the molecule is Cc1cc(Cl)ccc1Oc1cc2c(cc1N)NC(=O)CC2. The third-order valence-electron chi connectivity index (χ3n) is 3.49. The number of carbonyl (C=O) groups excluding carboxylic acids is 1. The first-order valence-corrected chi connectivity index (χ1v) is 7.07. The summed E-state index contributed by atoms with van der Waals surface area (Å²) < 4.78 is 5.89. The van der Waals surface area contributed by atoms with Gasteiger partial charge in [0.05, 0.1) is 5.69 Å². The van der Waals surface area contributed by atoms with E-state index < -0.39 is 0 Å². The largest absolute Gasteiger partial charge is 0.455 e. The minimum atomic E-state index is 0.0177. The van der Waals surface area contributed by atoms with E-state index in [1.165, 1.54) is 0 Å². The number of nitrogens with one attached hydrogen (secondary N) is 1. The summed E-state index contributed by atoms with van der Waals surface area (Å²) in [7, 11) is 0. The number of anilines is 2. The van der Waals surface area contributed by atoms with Crippen LogP contribution in [0.25, 0.3) is 0 Å². The molecule has 0 fully saturated rings. The highest BCUT2D eigenvalue weighted by atomic mass is 35.5. The first-order chi connectivity index (χ1) is 10.0. The molecule has 0 spiro atoms. The lowest BCUT2D eigenvalue weighted by Crippen LogP contribution is -2.19. The summed E-state index contributed by atoms with van der Waals surface area (Å²) in [5.74, 6) is 1.32. The van der Waals surface area contributed by atoms with Crippen LogP contribution in [0, 0.1) is 6.92 Å². The van der Waals surface area contributed by atoms with Crippen LogP contribution in [0.2, 0.25) is 5.02 Å². The second-order valence-electron chi connectivity index (χ2n) is 5.11. The molecule has 108 valence electrons. The van der Waals surface area contributed by atoms with Crippen molar-refractivity contribution in [1.29, 1.82) is 0 Å². The monoisotopic (exact) mass is 302 g/mol. The Morgan fingerprint density at radius 3 is 2.76 bits per heavy atom. The van der Waals surface area contributed by atoms with Crippen molar-refractivity contribution in [3.63, 3.8) is 0 Å². The van der Waals surface area contributed by atoms with Crippen molar-refractivity contribution in [3.05, 3.63) is 46.5 Å². The van der Waals surface area contributed by atoms with Crippen molar-refractivity contribution in [2.45, 2.75) is 19.8 Å². The predicted octanol–water partition coefficient (Wildman–Crippen LogP) is 3.91. The van der Waals surface area contributed by atoms with Gasteiger partial charge in [-0.25, -0.2) is 0 Å². The van der Waals surface area contributed by atoms with Crippen LogP contribution in [0.3, 0.4) is 0 Å². The Morgan fingerprint density at radius 1 is 1.19 bits per heavy atom. The fourth-order valence-corrected chi connectivity index (χ4v) is 2.58. The number of nitrogen functional groups attached to an aromatic ring is 1. The molecule has 1 amide bonds. The maximum Gasteiger partial charge on any atom is 0.224 e. The van der Waals surface area contributed by atoms with Crippen LogP contribution in [-0.2, 0) is 11.2 Å². The second-order valence-corrected chi connectivity index (χ2v) is 5.54. The van der Waals surface area contributed by atoms with Crippen LogP contribution in [0.1, 0.15) is 17.5 Å². The van der Waals surface area contributed by atoms with Crippen molar-refractivity contribution < 1.29 is 9.53 Å². The summed E-state index contributed by atoms with van der Waals surface area (Å²) in [6.45, 7) is 1.93. The van der Waals surface area contributed by atoms with Gasteiger partial charge in [0, 0.05) is 17.1 Å². The Bertz CT molecular complexity index is 728. The van der Waals surface area contributed by atoms with Crippen LogP contribution in [0.5, 0.6) is 11.5 Å². The number of rotatable bonds is 2. The van der Waals surface area contributed by atoms with Crippen molar-refractivity contribution in [3.8, 4) is 11.5 Å². The Morgan fingerprint density at radius 2 is 2.00 bits per heavy atom. The molecule has 0 saturated heterocycles. The third kappa shape index (κ3) is 2.81. The number of carbonyl (C=O) groups is 1. The fourth-order valence-electron chi connectivity index (χ4n) is 2.36. The minimum absolute atomic E-state index is 0.0177. The zero-order valence-corrected chi connectivity index (χ0v) is 12.3. The van der Waals surface area contributed by atoms with Gasteiger partial charge in [-0.2, -0.15) is 0 Å². The molecule has 5 heteroatoms. The van der Waals surface area contributed by atoms with E-state index in [-0.39, 0.29) is 5.91 Å². The number of halogens is 1. The summed E-state index contributed by atoms with van der Waals surface area (Å²) in [4.78, 5) is 11.4. The van der Waals surface area contributed by atoms with Crippen LogP contribution < -0.4 is 15.8 Å². The van der Waals surface area contributed by atoms with Crippen LogP contribution in [-0.4, -0.2) is 5.91 Å². The van der Waals surface area contributed by atoms with Gasteiger partial charge in [0.2, 0.25) is 5.91 Å². The zero-order chi connectivity index (χ0) is 15.0. The Kier molecular flexibility index (Phi) is 3.47. The fraction of sp³-hybridized carbons (Fsp3) is 0.188. The molecule has 2 aromatic carbocycles. The lowest BCUT2D eigenvalue weighted by atomic mass is 10.0. The van der Waals surface area contributed by atoms with Crippen molar-refractivity contribution in [2.24, 2.45) is 0 Å². The predicted molar refractivity (Wildman–Crippen MR) is 84.1 cm³/mol. The van der Waals surface area contributed by atoms with Gasteiger partial charge in [0.1, 0.15) is 5.75 Å². The number of aryl methyl sites for hydroxylation is 2. The molecular weight excluding hydrogens is 288 g/mol. The highest BCUT2D eigenvalue weighted by Gasteiger charge is 2.17. The van der Waals surface area contributed by atoms with Crippen LogP contribution >= 0.6 is 11.6 Å². The van der Waals surface area contributed by atoms with Gasteiger partial charge in [-0.15, -0.1) is 0 Å². The smallest absolute Gasteiger partial charge is 0.224 e. The lowest BCUT2D eigenvalue weighted by molar-refractivity contribution is -0.116. The summed E-state index contributed by atoms with van der Waals surface area (Å²) in [6.07, 6.45) is 1.17. The number of hydrogen-bond donors (Lipinski definition) is 2. The van der Waals surface area contributed by atoms with E-state index in [2.05, 4.69) is 5.32 Å². The second kappa shape index (κ2) is 5.30. The van der Waals surface area contributed by atoms with Crippen molar-refractivity contribution >= 4 is 28.9 Å². The summed E-state index contributed by atoms with van der Waals surface area (Å²) in [5, 5.41) is 3.49. The maximum atomic E-state index is 11.4. The molecule has 0 radical (unpaired) electrons. The molecule has 0 aliphatic carbocycles. The number of benzene rings is 2. The number of nitrogens with two attached hydrogens (primary N) is 1. The standard InChI is InChI=1S/C16H15ClN2O2/c1-9-6-11(17)3-4-14(9)21-15-7-10-2-5-16(20)19-13(10)8-12(15)18/h3-4,6-8H,2,5,18H2,1H3,(H,19,20). The van der Waals surface area contributed by atoms with Gasteiger partial charge >= 0.3 is 0 Å². The molecule has 1 aliphatic rings. The molecular formula is C16H15ClN2O2. The molecule has 0 bridgehead atoms. The van der Waals surface area contributed by atoms with Crippen molar-refractivity contribution in [1.82, 2.24) is 0 Å². The van der Waals surface area contributed by atoms with E-state index in [0.29, 0.717) is 35.1 Å². The highest BCUT2D eigenvalue weighted by molar-refractivity contribution is 6.30. The molecule has 1 heterocycles. The van der Waals surface area contributed by atoms with E-state index in [0.717, 1.165) is 16.8 Å². The average Bonchev–Trinajstić information content (AvgIpc) is 2.42. The molecule has 0 saturated carbocycles. The Hall–Kier alpha value is -2.20. The quantitative estimate of drug-likeness (QED) is 0.827. The average molecular weight is 303 g/mol. The normalized spacial score (nSPS) is 13.5. The van der Waals surface area contributed by atoms with Crippen LogP contribution in [0.4, 0.5) is 11.4 Å². The molecule has 0 atom stereocenters. The number of ether oxygens (including phenoxy) is 1. The summed E-state index contributed by atoms with van der Waals surface area (Å²) in [5.41, 5.74) is 9.24. The number of hydrogen-bond acceptors (Lipinski definition) is 3. The van der Waals surface area contributed by atoms with Gasteiger partial charge in [-0.1, -0.05) is 11.6 Å². The Labute approximate surface area is 127 Å². The van der Waals surface area contributed by atoms with Crippen molar-refractivity contribution in [2.75, 3.05) is 11.1 Å². The molecule has 3 rings (SSSR count). The molecule has 0 aromatic heterocycles. The topological polar surface area (TPSA) is 64.3 Å².